The quantitative estimate of drug-likeness (QED) is 0.909. The molecule has 2 aliphatic rings. The minimum atomic E-state index is 0.601. The van der Waals surface area contributed by atoms with E-state index in [1.165, 1.54) is 50.9 Å². The van der Waals surface area contributed by atoms with Crippen molar-refractivity contribution in [3.63, 3.8) is 0 Å². The molecule has 3 heteroatoms. The van der Waals surface area contributed by atoms with Gasteiger partial charge in [0.2, 0.25) is 0 Å². The van der Waals surface area contributed by atoms with Crippen LogP contribution in [-0.2, 0) is 0 Å². The van der Waals surface area contributed by atoms with Crippen LogP contribution in [0.25, 0.3) is 0 Å². The van der Waals surface area contributed by atoms with Crippen molar-refractivity contribution in [3.8, 4) is 0 Å². The second-order valence-corrected chi connectivity index (χ2v) is 7.19. The minimum Gasteiger partial charge on any atom is -0.314 e. The summed E-state index contributed by atoms with van der Waals surface area (Å²) in [6.07, 6.45) is 5.56. The molecule has 1 aromatic heterocycles. The van der Waals surface area contributed by atoms with Crippen molar-refractivity contribution in [1.82, 2.24) is 10.2 Å². The number of hydrogen-bond acceptors (Lipinski definition) is 3. The Morgan fingerprint density at radius 2 is 2.26 bits per heavy atom. The fourth-order valence-corrected chi connectivity index (χ4v) is 4.83. The summed E-state index contributed by atoms with van der Waals surface area (Å²) in [5, 5.41) is 5.95. The molecule has 3 unspecified atom stereocenters. The summed E-state index contributed by atoms with van der Waals surface area (Å²) >= 11 is 1.93. The first kappa shape index (κ1) is 13.6. The van der Waals surface area contributed by atoms with E-state index in [0.29, 0.717) is 6.04 Å². The van der Waals surface area contributed by atoms with Crippen LogP contribution in [-0.4, -0.2) is 30.6 Å². The molecular weight excluding hydrogens is 252 g/mol. The fourth-order valence-electron chi connectivity index (χ4n) is 3.81. The molecule has 2 fully saturated rings. The highest BCUT2D eigenvalue weighted by Gasteiger charge is 2.31. The highest BCUT2D eigenvalue weighted by Crippen LogP contribution is 2.33. The van der Waals surface area contributed by atoms with Crippen LogP contribution in [0.1, 0.15) is 49.1 Å². The summed E-state index contributed by atoms with van der Waals surface area (Å²) in [7, 11) is 0. The molecule has 3 heterocycles. The third-order valence-corrected chi connectivity index (χ3v) is 6.17. The molecule has 106 valence electrons. The zero-order valence-corrected chi connectivity index (χ0v) is 13.0. The second kappa shape index (κ2) is 5.94. The van der Waals surface area contributed by atoms with Gasteiger partial charge in [-0.3, -0.25) is 4.90 Å². The van der Waals surface area contributed by atoms with E-state index in [1.807, 2.05) is 11.3 Å². The largest absolute Gasteiger partial charge is 0.314 e. The van der Waals surface area contributed by atoms with Crippen molar-refractivity contribution < 1.29 is 0 Å². The van der Waals surface area contributed by atoms with Crippen LogP contribution >= 0.6 is 11.3 Å². The molecule has 0 aromatic carbocycles. The molecular formula is C16H26N2S. The maximum absolute atomic E-state index is 3.71. The van der Waals surface area contributed by atoms with E-state index in [2.05, 4.69) is 35.5 Å². The zero-order valence-electron chi connectivity index (χ0n) is 12.2. The van der Waals surface area contributed by atoms with E-state index < -0.39 is 0 Å². The van der Waals surface area contributed by atoms with Crippen LogP contribution in [0.15, 0.2) is 11.4 Å². The monoisotopic (exact) mass is 278 g/mol. The Labute approximate surface area is 121 Å². The molecule has 0 bridgehead atoms. The van der Waals surface area contributed by atoms with Gasteiger partial charge in [0.05, 0.1) is 0 Å². The average molecular weight is 278 g/mol. The van der Waals surface area contributed by atoms with Gasteiger partial charge in [-0.15, -0.1) is 11.3 Å². The normalized spacial score (nSPS) is 30.6. The first-order chi connectivity index (χ1) is 9.25. The highest BCUT2D eigenvalue weighted by atomic mass is 32.1. The molecule has 1 N–H and O–H groups in total. The number of nitrogens with zero attached hydrogens (tertiary/aromatic N) is 1. The van der Waals surface area contributed by atoms with Gasteiger partial charge in [-0.05, 0) is 75.5 Å². The van der Waals surface area contributed by atoms with Crippen LogP contribution in [0.5, 0.6) is 0 Å². The minimum absolute atomic E-state index is 0.601. The van der Waals surface area contributed by atoms with Gasteiger partial charge in [0.15, 0.2) is 0 Å². The molecule has 2 aliphatic heterocycles. The summed E-state index contributed by atoms with van der Waals surface area (Å²) in [4.78, 5) is 4.28. The Morgan fingerprint density at radius 1 is 1.37 bits per heavy atom. The lowest BCUT2D eigenvalue weighted by molar-refractivity contribution is 0.116. The third-order valence-electron chi connectivity index (χ3n) is 4.99. The molecule has 2 nitrogen and oxygen atoms in total. The molecule has 2 saturated heterocycles. The number of thiophene rings is 1. The molecule has 19 heavy (non-hydrogen) atoms. The van der Waals surface area contributed by atoms with E-state index in [-0.39, 0.29) is 0 Å². The number of hydrogen-bond donors (Lipinski definition) is 1. The van der Waals surface area contributed by atoms with Crippen molar-refractivity contribution in [3.05, 3.63) is 21.9 Å². The Morgan fingerprint density at radius 3 is 2.95 bits per heavy atom. The van der Waals surface area contributed by atoms with E-state index >= 15 is 0 Å². The van der Waals surface area contributed by atoms with Gasteiger partial charge in [0.25, 0.3) is 0 Å². The van der Waals surface area contributed by atoms with Crippen LogP contribution in [0.3, 0.4) is 0 Å². The third kappa shape index (κ3) is 2.88. The van der Waals surface area contributed by atoms with Gasteiger partial charge < -0.3 is 5.32 Å². The number of piperidine rings is 1. The van der Waals surface area contributed by atoms with E-state index in [4.69, 9.17) is 0 Å². The maximum Gasteiger partial charge on any atom is 0.0416 e. The van der Waals surface area contributed by atoms with Crippen molar-refractivity contribution in [2.45, 2.75) is 51.6 Å². The lowest BCUT2D eigenvalue weighted by Crippen LogP contribution is -2.44. The standard InChI is InChI=1S/C16H26N2S/c1-12-7-10-19-16(12)13(2)18-9-4-5-14(11-18)15-6-3-8-17-15/h7,10,13-15,17H,3-6,8-9,11H2,1-2H3. The van der Waals surface area contributed by atoms with Gasteiger partial charge in [-0.2, -0.15) is 0 Å². The van der Waals surface area contributed by atoms with E-state index in [9.17, 15) is 0 Å². The fraction of sp³-hybridized carbons (Fsp3) is 0.750. The van der Waals surface area contributed by atoms with Crippen LogP contribution < -0.4 is 5.32 Å². The summed E-state index contributed by atoms with van der Waals surface area (Å²) in [5.74, 6) is 0.874. The number of likely N-dealkylation sites (tertiary alicyclic amines) is 1. The van der Waals surface area contributed by atoms with Crippen LogP contribution in [0.2, 0.25) is 0 Å². The zero-order chi connectivity index (χ0) is 13.2. The summed E-state index contributed by atoms with van der Waals surface area (Å²) in [6.45, 7) is 8.45. The lowest BCUT2D eigenvalue weighted by atomic mass is 9.89. The number of nitrogens with one attached hydrogen (secondary N) is 1. The summed E-state index contributed by atoms with van der Waals surface area (Å²) in [6, 6.07) is 3.65. The predicted octanol–water partition coefficient (Wildman–Crippen LogP) is 3.58. The summed E-state index contributed by atoms with van der Waals surface area (Å²) < 4.78 is 0. The molecule has 0 spiro atoms. The van der Waals surface area contributed by atoms with E-state index in [0.717, 1.165) is 12.0 Å². The van der Waals surface area contributed by atoms with Crippen molar-refractivity contribution >= 4 is 11.3 Å². The molecule has 3 atom stereocenters. The first-order valence-electron chi connectivity index (χ1n) is 7.77. The lowest BCUT2D eigenvalue weighted by Gasteiger charge is -2.39. The molecule has 0 radical (unpaired) electrons. The van der Waals surface area contributed by atoms with Gasteiger partial charge in [0.1, 0.15) is 0 Å². The van der Waals surface area contributed by atoms with Gasteiger partial charge in [0, 0.05) is 23.5 Å². The van der Waals surface area contributed by atoms with Crippen molar-refractivity contribution in [1.29, 1.82) is 0 Å². The number of aryl methyl sites for hydroxylation is 1. The second-order valence-electron chi connectivity index (χ2n) is 6.24. The van der Waals surface area contributed by atoms with Crippen molar-refractivity contribution in [2.75, 3.05) is 19.6 Å². The number of rotatable bonds is 3. The summed E-state index contributed by atoms with van der Waals surface area (Å²) in [5.41, 5.74) is 1.47. The maximum atomic E-state index is 3.71. The molecule has 0 aliphatic carbocycles. The SMILES string of the molecule is Cc1ccsc1C(C)N1CCCC(C2CCCN2)C1. The average Bonchev–Trinajstić information content (AvgIpc) is 3.09. The van der Waals surface area contributed by atoms with Crippen molar-refractivity contribution in [2.24, 2.45) is 5.92 Å². The molecule has 0 amide bonds. The van der Waals surface area contributed by atoms with Crippen LogP contribution in [0, 0.1) is 12.8 Å². The van der Waals surface area contributed by atoms with Crippen LogP contribution in [0.4, 0.5) is 0 Å². The smallest absolute Gasteiger partial charge is 0.0416 e. The van der Waals surface area contributed by atoms with Gasteiger partial charge in [-0.25, -0.2) is 0 Å². The molecule has 0 saturated carbocycles. The Balaban J connectivity index is 1.66. The first-order valence-corrected chi connectivity index (χ1v) is 8.65. The van der Waals surface area contributed by atoms with Gasteiger partial charge in [-0.1, -0.05) is 0 Å². The molecule has 3 rings (SSSR count). The Kier molecular flexibility index (Phi) is 4.25. The predicted molar refractivity (Wildman–Crippen MR) is 82.8 cm³/mol. The van der Waals surface area contributed by atoms with Gasteiger partial charge >= 0.3 is 0 Å². The highest BCUT2D eigenvalue weighted by molar-refractivity contribution is 7.10. The Bertz CT molecular complexity index is 409. The topological polar surface area (TPSA) is 15.3 Å². The Hall–Kier alpha value is -0.380. The molecule has 1 aromatic rings. The van der Waals surface area contributed by atoms with E-state index in [1.54, 1.807) is 4.88 Å².